The summed E-state index contributed by atoms with van der Waals surface area (Å²) in [5.74, 6) is 0.135. The van der Waals surface area contributed by atoms with Crippen LogP contribution in [0.15, 0.2) is 23.6 Å². The number of anilines is 2. The molecule has 0 saturated carbocycles. The SMILES string of the molecule is Cc1cccc(N2CCN(C(=O)Cc3csc(N)n3)CC2)c1C. The number of carbonyl (C=O) groups is 1. The van der Waals surface area contributed by atoms with Gasteiger partial charge in [0.2, 0.25) is 5.91 Å². The van der Waals surface area contributed by atoms with Crippen LogP contribution in [0.2, 0.25) is 0 Å². The number of benzene rings is 1. The van der Waals surface area contributed by atoms with Gasteiger partial charge in [0.1, 0.15) is 0 Å². The van der Waals surface area contributed by atoms with Gasteiger partial charge in [-0.15, -0.1) is 11.3 Å². The van der Waals surface area contributed by atoms with Crippen molar-refractivity contribution in [1.29, 1.82) is 0 Å². The number of aryl methyl sites for hydroxylation is 1. The Morgan fingerprint density at radius 1 is 1.26 bits per heavy atom. The Labute approximate surface area is 140 Å². The number of aromatic nitrogens is 1. The molecule has 1 aromatic heterocycles. The molecule has 1 amide bonds. The van der Waals surface area contributed by atoms with Crippen molar-refractivity contribution in [2.45, 2.75) is 20.3 Å². The number of thiazole rings is 1. The van der Waals surface area contributed by atoms with E-state index in [1.54, 1.807) is 0 Å². The van der Waals surface area contributed by atoms with Gasteiger partial charge in [-0.1, -0.05) is 12.1 Å². The largest absolute Gasteiger partial charge is 0.375 e. The third-order valence-corrected chi connectivity index (χ3v) is 5.17. The van der Waals surface area contributed by atoms with Gasteiger partial charge in [-0.25, -0.2) is 4.98 Å². The maximum atomic E-state index is 12.4. The molecule has 1 saturated heterocycles. The summed E-state index contributed by atoms with van der Waals surface area (Å²) in [7, 11) is 0. The minimum absolute atomic E-state index is 0.135. The number of amides is 1. The molecule has 1 aliphatic heterocycles. The number of nitrogens with two attached hydrogens (primary N) is 1. The van der Waals surface area contributed by atoms with E-state index in [1.165, 1.54) is 28.2 Å². The summed E-state index contributed by atoms with van der Waals surface area (Å²) in [6, 6.07) is 6.40. The lowest BCUT2D eigenvalue weighted by molar-refractivity contribution is -0.130. The molecule has 0 atom stereocenters. The molecule has 6 heteroatoms. The summed E-state index contributed by atoms with van der Waals surface area (Å²) in [6.45, 7) is 7.55. The topological polar surface area (TPSA) is 62.5 Å². The maximum Gasteiger partial charge on any atom is 0.228 e. The Morgan fingerprint density at radius 2 is 2.00 bits per heavy atom. The quantitative estimate of drug-likeness (QED) is 0.937. The molecule has 122 valence electrons. The van der Waals surface area contributed by atoms with Gasteiger partial charge < -0.3 is 15.5 Å². The van der Waals surface area contributed by atoms with Crippen molar-refractivity contribution in [2.24, 2.45) is 0 Å². The van der Waals surface area contributed by atoms with E-state index in [2.05, 4.69) is 41.9 Å². The predicted octanol–water partition coefficient (Wildman–Crippen LogP) is 2.23. The van der Waals surface area contributed by atoms with Crippen LogP contribution >= 0.6 is 11.3 Å². The molecule has 0 spiro atoms. The van der Waals surface area contributed by atoms with E-state index in [-0.39, 0.29) is 5.91 Å². The highest BCUT2D eigenvalue weighted by Crippen LogP contribution is 2.24. The first kappa shape index (κ1) is 15.8. The molecule has 2 aromatic rings. The molecule has 0 radical (unpaired) electrons. The third-order valence-electron chi connectivity index (χ3n) is 4.45. The molecule has 2 N–H and O–H groups in total. The lowest BCUT2D eigenvalue weighted by Gasteiger charge is -2.37. The molecular formula is C17H22N4OS. The van der Waals surface area contributed by atoms with E-state index in [1.807, 2.05) is 10.3 Å². The van der Waals surface area contributed by atoms with E-state index in [0.717, 1.165) is 31.9 Å². The van der Waals surface area contributed by atoms with E-state index in [9.17, 15) is 4.79 Å². The highest BCUT2D eigenvalue weighted by Gasteiger charge is 2.22. The summed E-state index contributed by atoms with van der Waals surface area (Å²) in [5.41, 5.74) is 10.3. The van der Waals surface area contributed by atoms with Gasteiger partial charge in [0.05, 0.1) is 12.1 Å². The zero-order chi connectivity index (χ0) is 16.4. The molecule has 1 fully saturated rings. The van der Waals surface area contributed by atoms with Gasteiger partial charge in [-0.3, -0.25) is 4.79 Å². The number of rotatable bonds is 3. The van der Waals surface area contributed by atoms with Gasteiger partial charge in [0.15, 0.2) is 5.13 Å². The molecule has 3 rings (SSSR count). The molecule has 0 unspecified atom stereocenters. The molecular weight excluding hydrogens is 308 g/mol. The van der Waals surface area contributed by atoms with Crippen LogP contribution in [0.1, 0.15) is 16.8 Å². The van der Waals surface area contributed by atoms with Gasteiger partial charge in [-0.2, -0.15) is 0 Å². The van der Waals surface area contributed by atoms with Crippen molar-refractivity contribution < 1.29 is 4.79 Å². The van der Waals surface area contributed by atoms with Gasteiger partial charge in [0.25, 0.3) is 0 Å². The van der Waals surface area contributed by atoms with Crippen LogP contribution in [0.25, 0.3) is 0 Å². The van der Waals surface area contributed by atoms with E-state index < -0.39 is 0 Å². The second-order valence-corrected chi connectivity index (χ2v) is 6.83. The lowest BCUT2D eigenvalue weighted by atomic mass is 10.1. The Balaban J connectivity index is 1.59. The summed E-state index contributed by atoms with van der Waals surface area (Å²) >= 11 is 1.38. The summed E-state index contributed by atoms with van der Waals surface area (Å²) in [6.07, 6.45) is 0.344. The minimum Gasteiger partial charge on any atom is -0.375 e. The van der Waals surface area contributed by atoms with Crippen LogP contribution in [0.3, 0.4) is 0 Å². The van der Waals surface area contributed by atoms with Crippen molar-refractivity contribution in [3.63, 3.8) is 0 Å². The highest BCUT2D eigenvalue weighted by molar-refractivity contribution is 7.13. The fraction of sp³-hybridized carbons (Fsp3) is 0.412. The van der Waals surface area contributed by atoms with Gasteiger partial charge in [0, 0.05) is 37.2 Å². The normalized spacial score (nSPS) is 15.0. The van der Waals surface area contributed by atoms with Crippen LogP contribution < -0.4 is 10.6 Å². The Bertz CT molecular complexity index is 704. The smallest absolute Gasteiger partial charge is 0.228 e. The van der Waals surface area contributed by atoms with Crippen molar-refractivity contribution >= 4 is 28.1 Å². The lowest BCUT2D eigenvalue weighted by Crippen LogP contribution is -2.49. The average molecular weight is 330 g/mol. The van der Waals surface area contributed by atoms with Crippen LogP contribution in [0.5, 0.6) is 0 Å². The highest BCUT2D eigenvalue weighted by atomic mass is 32.1. The third kappa shape index (κ3) is 3.47. The van der Waals surface area contributed by atoms with Crippen LogP contribution in [-0.2, 0) is 11.2 Å². The second kappa shape index (κ2) is 6.58. The minimum atomic E-state index is 0.135. The summed E-state index contributed by atoms with van der Waals surface area (Å²) in [4.78, 5) is 20.8. The van der Waals surface area contributed by atoms with Crippen LogP contribution in [0, 0.1) is 13.8 Å². The molecule has 5 nitrogen and oxygen atoms in total. The van der Waals surface area contributed by atoms with Crippen molar-refractivity contribution in [1.82, 2.24) is 9.88 Å². The molecule has 0 bridgehead atoms. The number of nitrogens with zero attached hydrogens (tertiary/aromatic N) is 3. The molecule has 1 aromatic carbocycles. The summed E-state index contributed by atoms with van der Waals surface area (Å²) < 4.78 is 0. The van der Waals surface area contributed by atoms with Crippen molar-refractivity contribution in [3.05, 3.63) is 40.4 Å². The van der Waals surface area contributed by atoms with Crippen LogP contribution in [-0.4, -0.2) is 42.0 Å². The standard InChI is InChI=1S/C17H22N4OS/c1-12-4-3-5-15(13(12)2)20-6-8-21(9-7-20)16(22)10-14-11-23-17(18)19-14/h3-5,11H,6-10H2,1-2H3,(H2,18,19). The van der Waals surface area contributed by atoms with E-state index in [4.69, 9.17) is 5.73 Å². The number of carbonyl (C=O) groups excluding carboxylic acids is 1. The predicted molar refractivity (Wildman–Crippen MR) is 94.9 cm³/mol. The zero-order valence-corrected chi connectivity index (χ0v) is 14.4. The van der Waals surface area contributed by atoms with Crippen molar-refractivity contribution in [2.75, 3.05) is 36.8 Å². The first-order chi connectivity index (χ1) is 11.0. The van der Waals surface area contributed by atoms with Crippen molar-refractivity contribution in [3.8, 4) is 0 Å². The Kier molecular flexibility index (Phi) is 4.52. The number of hydrogen-bond acceptors (Lipinski definition) is 5. The fourth-order valence-electron chi connectivity index (χ4n) is 2.95. The van der Waals surface area contributed by atoms with E-state index in [0.29, 0.717) is 11.6 Å². The van der Waals surface area contributed by atoms with Gasteiger partial charge in [-0.05, 0) is 31.0 Å². The summed E-state index contributed by atoms with van der Waals surface area (Å²) in [5, 5.41) is 2.38. The van der Waals surface area contributed by atoms with E-state index >= 15 is 0 Å². The second-order valence-electron chi connectivity index (χ2n) is 5.94. The first-order valence-corrected chi connectivity index (χ1v) is 8.71. The Hall–Kier alpha value is -2.08. The average Bonchev–Trinajstić information content (AvgIpc) is 2.95. The molecule has 0 aliphatic carbocycles. The fourth-order valence-corrected chi connectivity index (χ4v) is 3.51. The number of nitrogen functional groups attached to an aromatic ring is 1. The van der Waals surface area contributed by atoms with Gasteiger partial charge >= 0.3 is 0 Å². The Morgan fingerprint density at radius 3 is 2.65 bits per heavy atom. The maximum absolute atomic E-state index is 12.4. The zero-order valence-electron chi connectivity index (χ0n) is 13.6. The number of piperazine rings is 1. The van der Waals surface area contributed by atoms with Crippen LogP contribution in [0.4, 0.5) is 10.8 Å². The monoisotopic (exact) mass is 330 g/mol. The first-order valence-electron chi connectivity index (χ1n) is 7.83. The molecule has 1 aliphatic rings. The molecule has 2 heterocycles. The number of hydrogen-bond donors (Lipinski definition) is 1. The molecule has 23 heavy (non-hydrogen) atoms.